The number of hydrogen-bond acceptors (Lipinski definition) is 4. The predicted molar refractivity (Wildman–Crippen MR) is 129 cm³/mol. The molecule has 160 valence electrons. The first-order valence-corrected chi connectivity index (χ1v) is 10.8. The number of anilines is 1. The van der Waals surface area contributed by atoms with Crippen LogP contribution >= 0.6 is 0 Å². The first-order valence-electron chi connectivity index (χ1n) is 10.8. The molecule has 0 aliphatic carbocycles. The number of aryl methyl sites for hydroxylation is 1. The maximum absolute atomic E-state index is 5.47. The van der Waals surface area contributed by atoms with Crippen molar-refractivity contribution in [3.63, 3.8) is 0 Å². The van der Waals surface area contributed by atoms with Crippen LogP contribution in [-0.2, 0) is 13.0 Å². The van der Waals surface area contributed by atoms with Crippen molar-refractivity contribution in [3.8, 4) is 23.7 Å². The fourth-order valence-corrected chi connectivity index (χ4v) is 3.89. The highest BCUT2D eigenvalue weighted by atomic mass is 15.3. The molecule has 3 N–H and O–H groups in total. The van der Waals surface area contributed by atoms with Gasteiger partial charge >= 0.3 is 0 Å². The highest BCUT2D eigenvalue weighted by molar-refractivity contribution is 5.65. The first-order chi connectivity index (χ1) is 15.1. The highest BCUT2D eigenvalue weighted by Crippen LogP contribution is 2.32. The Labute approximate surface area is 185 Å². The molecule has 1 aromatic heterocycles. The lowest BCUT2D eigenvalue weighted by Gasteiger charge is -2.24. The van der Waals surface area contributed by atoms with Gasteiger partial charge in [-0.15, -0.1) is 16.6 Å². The molecule has 3 aromatic rings. The Bertz CT molecular complexity index is 1060. The van der Waals surface area contributed by atoms with Gasteiger partial charge in [0.25, 0.3) is 0 Å². The van der Waals surface area contributed by atoms with E-state index in [1.54, 1.807) is 0 Å². The fraction of sp³-hybridized carbons (Fsp3) is 0.308. The van der Waals surface area contributed by atoms with Crippen LogP contribution in [-0.4, -0.2) is 21.3 Å². The zero-order valence-corrected chi connectivity index (χ0v) is 18.4. The maximum Gasteiger partial charge on any atom is 0.164 e. The zero-order valence-electron chi connectivity index (χ0n) is 18.4. The third-order valence-corrected chi connectivity index (χ3v) is 5.57. The van der Waals surface area contributed by atoms with Gasteiger partial charge in [-0.1, -0.05) is 43.7 Å². The van der Waals surface area contributed by atoms with Crippen LogP contribution < -0.4 is 11.1 Å². The number of rotatable bonds is 5. The van der Waals surface area contributed by atoms with Crippen LogP contribution in [0, 0.1) is 19.3 Å². The monoisotopic (exact) mass is 413 g/mol. The maximum atomic E-state index is 5.47. The Morgan fingerprint density at radius 2 is 2.00 bits per heavy atom. The van der Waals surface area contributed by atoms with Crippen LogP contribution in [0.5, 0.6) is 0 Å². The minimum Gasteiger partial charge on any atom is -0.405 e. The summed E-state index contributed by atoms with van der Waals surface area (Å²) < 4.78 is 2.28. The van der Waals surface area contributed by atoms with Gasteiger partial charge in [-0.05, 0) is 61.2 Å². The summed E-state index contributed by atoms with van der Waals surface area (Å²) in [6.45, 7) is 9.36. The van der Waals surface area contributed by atoms with Gasteiger partial charge in [0, 0.05) is 36.3 Å². The molecule has 5 heteroatoms. The van der Waals surface area contributed by atoms with Crippen molar-refractivity contribution in [1.29, 1.82) is 0 Å². The Balaban J connectivity index is 0.000000858. The number of nitrogens with one attached hydrogen (secondary N) is 1. The average molecular weight is 414 g/mol. The molecule has 0 saturated heterocycles. The van der Waals surface area contributed by atoms with Crippen LogP contribution in [0.3, 0.4) is 0 Å². The van der Waals surface area contributed by atoms with Crippen LogP contribution in [0.1, 0.15) is 48.2 Å². The summed E-state index contributed by atoms with van der Waals surface area (Å²) in [4.78, 5) is 0. The largest absolute Gasteiger partial charge is 0.405 e. The van der Waals surface area contributed by atoms with E-state index >= 15 is 0 Å². The number of hydrogen-bond donors (Lipinski definition) is 2. The van der Waals surface area contributed by atoms with Crippen LogP contribution in [0.4, 0.5) is 5.69 Å². The quantitative estimate of drug-likeness (QED) is 0.585. The lowest BCUT2D eigenvalue weighted by Crippen LogP contribution is -2.19. The number of fused-ring (bicyclic) bond motifs is 1. The summed E-state index contributed by atoms with van der Waals surface area (Å²) in [7, 11) is 0. The molecule has 5 nitrogen and oxygen atoms in total. The molecule has 0 bridgehead atoms. The van der Waals surface area contributed by atoms with Crippen LogP contribution in [0.25, 0.3) is 11.4 Å². The number of benzene rings is 2. The van der Waals surface area contributed by atoms with E-state index in [2.05, 4.69) is 82.5 Å². The van der Waals surface area contributed by atoms with Gasteiger partial charge in [-0.3, -0.25) is 0 Å². The Morgan fingerprint density at radius 3 is 2.68 bits per heavy atom. The van der Waals surface area contributed by atoms with Crippen molar-refractivity contribution in [2.45, 2.75) is 45.6 Å². The van der Waals surface area contributed by atoms with Crippen molar-refractivity contribution < 1.29 is 0 Å². The molecule has 2 heterocycles. The molecular formula is C26H31N5. The Morgan fingerprint density at radius 1 is 1.26 bits per heavy atom. The van der Waals surface area contributed by atoms with Crippen LogP contribution in [0.15, 0.2) is 55.2 Å². The topological polar surface area (TPSA) is 68.8 Å². The molecule has 2 aromatic carbocycles. The molecule has 1 atom stereocenters. The molecule has 1 aliphatic rings. The van der Waals surface area contributed by atoms with Gasteiger partial charge in [0.05, 0.1) is 0 Å². The van der Waals surface area contributed by atoms with Crippen molar-refractivity contribution in [3.05, 3.63) is 77.8 Å². The molecule has 0 fully saturated rings. The van der Waals surface area contributed by atoms with Crippen molar-refractivity contribution in [2.24, 2.45) is 5.73 Å². The fourth-order valence-electron chi connectivity index (χ4n) is 3.89. The van der Waals surface area contributed by atoms with E-state index in [9.17, 15) is 0 Å². The van der Waals surface area contributed by atoms with Crippen molar-refractivity contribution >= 4 is 5.69 Å². The third kappa shape index (κ3) is 5.16. The molecular weight excluding hydrogens is 382 g/mol. The summed E-state index contributed by atoms with van der Waals surface area (Å²) in [5, 5.41) is 12.6. The van der Waals surface area contributed by atoms with E-state index in [1.165, 1.54) is 23.0 Å². The summed E-state index contributed by atoms with van der Waals surface area (Å²) in [6, 6.07) is 14.9. The van der Waals surface area contributed by atoms with E-state index in [0.29, 0.717) is 5.92 Å². The highest BCUT2D eigenvalue weighted by Gasteiger charge is 2.24. The second-order valence-corrected chi connectivity index (χ2v) is 7.74. The van der Waals surface area contributed by atoms with Crippen molar-refractivity contribution in [1.82, 2.24) is 14.8 Å². The number of nitrogens with zero attached hydrogens (tertiary/aromatic N) is 3. The van der Waals surface area contributed by atoms with E-state index in [4.69, 9.17) is 6.42 Å². The standard InChI is InChI=1S/C24H26N4.C2H5N/c1-4-13-25-22-15-21(9-6-17(22)3)24-27-26-23-16-20(12-14-28(23)24)19-10-7-18(5-2)8-11-19;1-2-3/h2,6-11,15,20,25H,4,12-14,16H2,1,3H3;2H,1,3H2. The normalized spacial score (nSPS) is 14.5. The first kappa shape index (κ1) is 22.2. The lowest BCUT2D eigenvalue weighted by molar-refractivity contribution is 0.468. The van der Waals surface area contributed by atoms with E-state index in [0.717, 1.165) is 55.1 Å². The van der Waals surface area contributed by atoms with Crippen LogP contribution in [0.2, 0.25) is 0 Å². The molecule has 0 saturated carbocycles. The molecule has 0 spiro atoms. The summed E-state index contributed by atoms with van der Waals surface area (Å²) in [5.74, 6) is 5.19. The zero-order chi connectivity index (χ0) is 22.2. The minimum absolute atomic E-state index is 0.469. The second-order valence-electron chi connectivity index (χ2n) is 7.74. The van der Waals surface area contributed by atoms with Gasteiger partial charge in [0.15, 0.2) is 5.82 Å². The summed E-state index contributed by atoms with van der Waals surface area (Å²) >= 11 is 0. The second kappa shape index (κ2) is 10.5. The number of nitrogens with two attached hydrogens (primary N) is 1. The number of aromatic nitrogens is 3. The minimum atomic E-state index is 0.469. The van der Waals surface area contributed by atoms with E-state index in [1.807, 2.05) is 12.1 Å². The SMILES string of the molecule is C#Cc1ccc(C2CCn3c(nnc3-c3ccc(C)c(NCCC)c3)C2)cc1.C=CN. The smallest absolute Gasteiger partial charge is 0.164 e. The van der Waals surface area contributed by atoms with E-state index < -0.39 is 0 Å². The Hall–Kier alpha value is -3.52. The lowest BCUT2D eigenvalue weighted by atomic mass is 9.89. The molecule has 1 aliphatic heterocycles. The summed E-state index contributed by atoms with van der Waals surface area (Å²) in [6.07, 6.45) is 9.82. The summed E-state index contributed by atoms with van der Waals surface area (Å²) in [5.41, 5.74) is 10.4. The third-order valence-electron chi connectivity index (χ3n) is 5.57. The number of terminal acetylenes is 1. The van der Waals surface area contributed by atoms with Gasteiger partial charge in [0.2, 0.25) is 0 Å². The molecule has 0 amide bonds. The van der Waals surface area contributed by atoms with Crippen molar-refractivity contribution in [2.75, 3.05) is 11.9 Å². The van der Waals surface area contributed by atoms with Gasteiger partial charge < -0.3 is 15.6 Å². The molecule has 31 heavy (non-hydrogen) atoms. The average Bonchev–Trinajstić information content (AvgIpc) is 3.22. The van der Waals surface area contributed by atoms with Gasteiger partial charge in [-0.25, -0.2) is 0 Å². The van der Waals surface area contributed by atoms with Gasteiger partial charge in [-0.2, -0.15) is 0 Å². The van der Waals surface area contributed by atoms with E-state index in [-0.39, 0.29) is 0 Å². The molecule has 4 rings (SSSR count). The Kier molecular flexibility index (Phi) is 7.50. The predicted octanol–water partition coefficient (Wildman–Crippen LogP) is 4.88. The van der Waals surface area contributed by atoms with Gasteiger partial charge in [0.1, 0.15) is 5.82 Å². The molecule has 0 radical (unpaired) electrons. The molecule has 1 unspecified atom stereocenters.